The number of benzene rings is 5. The number of aliphatic carboxylic acids is 1. The number of fused-ring (bicyclic) bond motifs is 1. The fourth-order valence-corrected chi connectivity index (χ4v) is 5.55. The molecule has 0 bridgehead atoms. The smallest absolute Gasteiger partial charge is 0.341 e. The first-order valence-electron chi connectivity index (χ1n) is 15.1. The van der Waals surface area contributed by atoms with E-state index in [0.29, 0.717) is 25.5 Å². The van der Waals surface area contributed by atoms with Crippen molar-refractivity contribution in [3.63, 3.8) is 0 Å². The third-order valence-corrected chi connectivity index (χ3v) is 7.74. The largest absolute Gasteiger partial charge is 0.489 e. The van der Waals surface area contributed by atoms with Gasteiger partial charge in [0.05, 0.1) is 5.69 Å². The van der Waals surface area contributed by atoms with E-state index < -0.39 is 5.97 Å². The highest BCUT2D eigenvalue weighted by molar-refractivity contribution is 5.93. The zero-order valence-corrected chi connectivity index (χ0v) is 25.2. The minimum absolute atomic E-state index is 0.370. The Morgan fingerprint density at radius 2 is 1.20 bits per heavy atom. The Bertz CT molecular complexity index is 1860. The van der Waals surface area contributed by atoms with Crippen LogP contribution in [0.1, 0.15) is 29.2 Å². The number of aromatic nitrogens is 1. The van der Waals surface area contributed by atoms with Crippen LogP contribution in [0, 0.1) is 0 Å². The first kappa shape index (κ1) is 29.6. The van der Waals surface area contributed by atoms with Gasteiger partial charge >= 0.3 is 5.97 Å². The minimum atomic E-state index is -1.00. The van der Waals surface area contributed by atoms with E-state index in [1.165, 1.54) is 5.56 Å². The van der Waals surface area contributed by atoms with Crippen LogP contribution in [0.4, 0.5) is 0 Å². The Kier molecular flexibility index (Phi) is 9.11. The molecule has 0 saturated heterocycles. The standard InChI is InChI=1S/C39H35NO5/c1-2-35-36-23-34(44-26-30-11-7-4-8-12-30)21-22-37(36)40(24-28-13-17-32(18-14-28)45-27-38(41)42)39(35)31-15-19-33(20-16-31)43-25-29-9-5-3-6-10-29/h3-23H,2,24-27H2,1H3,(H,41,42). The number of ether oxygens (including phenoxy) is 3. The third kappa shape index (κ3) is 7.19. The Hall–Kier alpha value is -5.49. The summed E-state index contributed by atoms with van der Waals surface area (Å²) in [6.45, 7) is 3.46. The van der Waals surface area contributed by atoms with Crippen molar-refractivity contribution >= 4 is 16.9 Å². The molecule has 45 heavy (non-hydrogen) atoms. The highest BCUT2D eigenvalue weighted by Crippen LogP contribution is 2.37. The van der Waals surface area contributed by atoms with Crippen LogP contribution in [0.3, 0.4) is 0 Å². The van der Waals surface area contributed by atoms with Crippen LogP contribution in [0.5, 0.6) is 17.2 Å². The summed E-state index contributed by atoms with van der Waals surface area (Å²) >= 11 is 0. The normalized spacial score (nSPS) is 11.0. The van der Waals surface area contributed by atoms with Gasteiger partial charge in [0.2, 0.25) is 0 Å². The molecule has 6 aromatic rings. The molecule has 0 saturated carbocycles. The molecule has 0 amide bonds. The van der Waals surface area contributed by atoms with E-state index in [-0.39, 0.29) is 6.61 Å². The fourth-order valence-electron chi connectivity index (χ4n) is 5.55. The van der Waals surface area contributed by atoms with Gasteiger partial charge in [-0.15, -0.1) is 0 Å². The second kappa shape index (κ2) is 13.9. The second-order valence-electron chi connectivity index (χ2n) is 10.8. The number of rotatable bonds is 13. The van der Waals surface area contributed by atoms with Crippen molar-refractivity contribution in [1.29, 1.82) is 0 Å². The zero-order valence-electron chi connectivity index (χ0n) is 25.2. The van der Waals surface area contributed by atoms with E-state index in [0.717, 1.165) is 56.8 Å². The number of carboxylic acids is 1. The summed E-state index contributed by atoms with van der Waals surface area (Å²) in [6.07, 6.45) is 0.842. The van der Waals surface area contributed by atoms with E-state index in [9.17, 15) is 4.79 Å². The lowest BCUT2D eigenvalue weighted by Crippen LogP contribution is -2.09. The first-order chi connectivity index (χ1) is 22.1. The molecule has 1 N–H and O–H groups in total. The van der Waals surface area contributed by atoms with Gasteiger partial charge in [0.25, 0.3) is 0 Å². The summed E-state index contributed by atoms with van der Waals surface area (Å²) in [4.78, 5) is 10.9. The summed E-state index contributed by atoms with van der Waals surface area (Å²) in [5.41, 5.74) is 7.93. The number of hydrogen-bond acceptors (Lipinski definition) is 4. The molecular formula is C39H35NO5. The van der Waals surface area contributed by atoms with E-state index in [1.807, 2.05) is 78.9 Å². The van der Waals surface area contributed by atoms with Crippen LogP contribution in [0.25, 0.3) is 22.2 Å². The lowest BCUT2D eigenvalue weighted by Gasteiger charge is -2.14. The second-order valence-corrected chi connectivity index (χ2v) is 10.8. The molecule has 1 heterocycles. The van der Waals surface area contributed by atoms with Crippen LogP contribution in [-0.2, 0) is 31.0 Å². The van der Waals surface area contributed by atoms with Crippen molar-refractivity contribution < 1.29 is 24.1 Å². The third-order valence-electron chi connectivity index (χ3n) is 7.74. The number of carbonyl (C=O) groups is 1. The van der Waals surface area contributed by atoms with E-state index in [2.05, 4.69) is 60.0 Å². The van der Waals surface area contributed by atoms with Gasteiger partial charge in [0.15, 0.2) is 6.61 Å². The van der Waals surface area contributed by atoms with Gasteiger partial charge in [-0.25, -0.2) is 4.79 Å². The fraction of sp³-hybridized carbons (Fsp3) is 0.154. The lowest BCUT2D eigenvalue weighted by atomic mass is 10.0. The van der Waals surface area contributed by atoms with Crippen LogP contribution in [0.2, 0.25) is 0 Å². The molecule has 0 aliphatic heterocycles. The van der Waals surface area contributed by atoms with Crippen LogP contribution >= 0.6 is 0 Å². The summed E-state index contributed by atoms with van der Waals surface area (Å²) in [7, 11) is 0. The predicted molar refractivity (Wildman–Crippen MR) is 177 cm³/mol. The van der Waals surface area contributed by atoms with Gasteiger partial charge in [-0.05, 0) is 88.8 Å². The van der Waals surface area contributed by atoms with Crippen molar-refractivity contribution in [3.8, 4) is 28.5 Å². The monoisotopic (exact) mass is 597 g/mol. The molecule has 226 valence electrons. The summed E-state index contributed by atoms with van der Waals surface area (Å²) in [5, 5.41) is 10.1. The number of hydrogen-bond donors (Lipinski definition) is 1. The Morgan fingerprint density at radius 1 is 0.644 bits per heavy atom. The van der Waals surface area contributed by atoms with E-state index in [4.69, 9.17) is 19.3 Å². The molecule has 0 aliphatic rings. The van der Waals surface area contributed by atoms with Gasteiger partial charge in [-0.3, -0.25) is 0 Å². The Labute approximate surface area is 263 Å². The number of carboxylic acid groups (broad SMARTS) is 1. The Balaban J connectivity index is 1.34. The molecule has 6 heteroatoms. The maximum absolute atomic E-state index is 10.9. The number of aryl methyl sites for hydroxylation is 1. The first-order valence-corrected chi connectivity index (χ1v) is 15.1. The molecule has 0 spiro atoms. The molecule has 0 unspecified atom stereocenters. The van der Waals surface area contributed by atoms with Crippen LogP contribution in [-0.4, -0.2) is 22.2 Å². The average molecular weight is 598 g/mol. The highest BCUT2D eigenvalue weighted by Gasteiger charge is 2.19. The topological polar surface area (TPSA) is 69.9 Å². The van der Waals surface area contributed by atoms with E-state index in [1.54, 1.807) is 0 Å². The molecule has 0 atom stereocenters. The van der Waals surface area contributed by atoms with Gasteiger partial charge in [-0.1, -0.05) is 79.7 Å². The van der Waals surface area contributed by atoms with E-state index >= 15 is 0 Å². The van der Waals surface area contributed by atoms with Gasteiger partial charge < -0.3 is 23.9 Å². The lowest BCUT2D eigenvalue weighted by molar-refractivity contribution is -0.139. The molecular weight excluding hydrogens is 562 g/mol. The van der Waals surface area contributed by atoms with Crippen molar-refractivity contribution in [2.75, 3.05) is 6.61 Å². The summed E-state index contributed by atoms with van der Waals surface area (Å²) in [6, 6.07) is 42.6. The quantitative estimate of drug-likeness (QED) is 0.144. The van der Waals surface area contributed by atoms with Gasteiger partial charge in [0.1, 0.15) is 30.5 Å². The molecule has 1 aromatic heterocycles. The average Bonchev–Trinajstić information content (AvgIpc) is 3.39. The maximum atomic E-state index is 10.9. The summed E-state index contributed by atoms with van der Waals surface area (Å²) in [5.74, 6) is 1.17. The molecule has 6 rings (SSSR count). The van der Waals surface area contributed by atoms with Gasteiger partial charge in [0, 0.05) is 17.4 Å². The molecule has 0 aliphatic carbocycles. The predicted octanol–water partition coefficient (Wildman–Crippen LogP) is 8.54. The van der Waals surface area contributed by atoms with Crippen molar-refractivity contribution in [2.45, 2.75) is 33.1 Å². The highest BCUT2D eigenvalue weighted by atomic mass is 16.5. The van der Waals surface area contributed by atoms with Crippen LogP contribution < -0.4 is 14.2 Å². The van der Waals surface area contributed by atoms with Crippen molar-refractivity contribution in [1.82, 2.24) is 4.57 Å². The van der Waals surface area contributed by atoms with Gasteiger partial charge in [-0.2, -0.15) is 0 Å². The minimum Gasteiger partial charge on any atom is -0.489 e. The number of nitrogens with zero attached hydrogens (tertiary/aromatic N) is 1. The summed E-state index contributed by atoms with van der Waals surface area (Å²) < 4.78 is 20.0. The maximum Gasteiger partial charge on any atom is 0.341 e. The van der Waals surface area contributed by atoms with Crippen molar-refractivity contribution in [3.05, 3.63) is 150 Å². The molecule has 6 nitrogen and oxygen atoms in total. The molecule has 0 fully saturated rings. The Morgan fingerprint density at radius 3 is 1.80 bits per heavy atom. The molecule has 0 radical (unpaired) electrons. The zero-order chi connectivity index (χ0) is 31.0. The SMILES string of the molecule is CCc1c(-c2ccc(OCc3ccccc3)cc2)n(Cc2ccc(OCC(=O)O)cc2)c2ccc(OCc3ccccc3)cc12. The molecule has 5 aromatic carbocycles. The van der Waals surface area contributed by atoms with Crippen LogP contribution in [0.15, 0.2) is 127 Å². The van der Waals surface area contributed by atoms with Crippen molar-refractivity contribution in [2.24, 2.45) is 0 Å².